The number of benzene rings is 5. The van der Waals surface area contributed by atoms with Crippen LogP contribution in [0.25, 0.3) is 61.7 Å². The minimum absolute atomic E-state index is 0.0760. The third kappa shape index (κ3) is 3.57. The molecule has 0 bridgehead atoms. The molecule has 0 spiro atoms. The van der Waals surface area contributed by atoms with Crippen LogP contribution in [0.1, 0.15) is 30.5 Å². The molecule has 0 saturated heterocycles. The van der Waals surface area contributed by atoms with Crippen LogP contribution in [0.15, 0.2) is 115 Å². The van der Waals surface area contributed by atoms with Crippen molar-refractivity contribution in [2.75, 3.05) is 0 Å². The van der Waals surface area contributed by atoms with Crippen LogP contribution in [0, 0.1) is 6.92 Å². The number of aryl methyl sites for hydroxylation is 1. The summed E-state index contributed by atoms with van der Waals surface area (Å²) in [6, 6.07) is 40.5. The second kappa shape index (κ2) is 8.70. The van der Waals surface area contributed by atoms with Crippen LogP contribution in [0.2, 0.25) is 0 Å². The summed E-state index contributed by atoms with van der Waals surface area (Å²) in [5, 5.41) is 2.41. The monoisotopic (exact) mass is 528 g/mol. The van der Waals surface area contributed by atoms with Gasteiger partial charge in [0, 0.05) is 27.3 Å². The molecule has 4 nitrogen and oxygen atoms in total. The maximum atomic E-state index is 5.11. The molecule has 0 fully saturated rings. The first-order valence-electron chi connectivity index (χ1n) is 14.1. The van der Waals surface area contributed by atoms with Crippen molar-refractivity contribution in [3.8, 4) is 39.9 Å². The van der Waals surface area contributed by atoms with E-state index >= 15 is 0 Å². The molecule has 0 N–H and O–H groups in total. The van der Waals surface area contributed by atoms with Crippen LogP contribution < -0.4 is 0 Å². The highest BCUT2D eigenvalue weighted by atomic mass is 15.2. The number of aromatic nitrogens is 4. The summed E-state index contributed by atoms with van der Waals surface area (Å²) >= 11 is 0. The zero-order chi connectivity index (χ0) is 27.7. The van der Waals surface area contributed by atoms with E-state index in [2.05, 4.69) is 104 Å². The molecule has 1 aliphatic carbocycles. The second-order valence-electron chi connectivity index (χ2n) is 11.5. The normalized spacial score (nSPS) is 13.4. The maximum Gasteiger partial charge on any atom is 0.238 e. The summed E-state index contributed by atoms with van der Waals surface area (Å²) in [7, 11) is 0. The van der Waals surface area contributed by atoms with Crippen molar-refractivity contribution in [2.24, 2.45) is 0 Å². The minimum atomic E-state index is -0.0760. The lowest BCUT2D eigenvalue weighted by atomic mass is 9.82. The van der Waals surface area contributed by atoms with Crippen molar-refractivity contribution < 1.29 is 0 Å². The Morgan fingerprint density at radius 1 is 0.537 bits per heavy atom. The molecule has 4 heteroatoms. The molecule has 0 aliphatic heterocycles. The molecule has 8 rings (SSSR count). The lowest BCUT2D eigenvalue weighted by Crippen LogP contribution is -2.14. The van der Waals surface area contributed by atoms with Crippen molar-refractivity contribution in [3.63, 3.8) is 0 Å². The van der Waals surface area contributed by atoms with E-state index in [1.54, 1.807) is 0 Å². The lowest BCUT2D eigenvalue weighted by molar-refractivity contribution is 0.661. The molecule has 41 heavy (non-hydrogen) atoms. The molecular weight excluding hydrogens is 500 g/mol. The lowest BCUT2D eigenvalue weighted by Gasteiger charge is -2.21. The molecule has 0 unspecified atom stereocenters. The molecule has 7 aromatic rings. The first-order chi connectivity index (χ1) is 20.0. The number of fused-ring (bicyclic) bond motifs is 6. The fraction of sp³-hybridized carbons (Fsp3) is 0.108. The van der Waals surface area contributed by atoms with E-state index in [0.717, 1.165) is 22.2 Å². The molecule has 196 valence electrons. The van der Waals surface area contributed by atoms with E-state index in [1.807, 2.05) is 36.4 Å². The van der Waals surface area contributed by atoms with Crippen LogP contribution in [0.3, 0.4) is 0 Å². The van der Waals surface area contributed by atoms with Gasteiger partial charge in [-0.1, -0.05) is 111 Å². The summed E-state index contributed by atoms with van der Waals surface area (Å²) in [5.41, 5.74) is 10.5. The second-order valence-corrected chi connectivity index (χ2v) is 11.5. The Bertz CT molecular complexity index is 2070. The summed E-state index contributed by atoms with van der Waals surface area (Å²) in [6.07, 6.45) is 0. The quantitative estimate of drug-likeness (QED) is 0.230. The first kappa shape index (κ1) is 23.8. The molecule has 0 amide bonds. The average molecular weight is 529 g/mol. The highest BCUT2D eigenvalue weighted by Gasteiger charge is 2.36. The zero-order valence-corrected chi connectivity index (χ0v) is 23.3. The summed E-state index contributed by atoms with van der Waals surface area (Å²) in [4.78, 5) is 15.2. The van der Waals surface area contributed by atoms with Gasteiger partial charge in [0.05, 0.1) is 11.0 Å². The molecule has 2 aromatic heterocycles. The van der Waals surface area contributed by atoms with Gasteiger partial charge < -0.3 is 0 Å². The van der Waals surface area contributed by atoms with E-state index in [9.17, 15) is 0 Å². The van der Waals surface area contributed by atoms with Crippen LogP contribution in [-0.2, 0) is 5.41 Å². The molecule has 0 atom stereocenters. The van der Waals surface area contributed by atoms with Gasteiger partial charge in [-0.05, 0) is 52.9 Å². The third-order valence-corrected chi connectivity index (χ3v) is 8.51. The average Bonchev–Trinajstić information content (AvgIpc) is 3.44. The van der Waals surface area contributed by atoms with Crippen LogP contribution in [-0.4, -0.2) is 19.5 Å². The van der Waals surface area contributed by atoms with E-state index in [-0.39, 0.29) is 5.41 Å². The van der Waals surface area contributed by atoms with E-state index in [4.69, 9.17) is 15.0 Å². The van der Waals surface area contributed by atoms with Gasteiger partial charge in [-0.2, -0.15) is 9.97 Å². The van der Waals surface area contributed by atoms with Crippen LogP contribution in [0.4, 0.5) is 0 Å². The SMILES string of the molecule is Cc1ccc2c3cc4c(cc3n(-c3nc(-c5ccccc5)nc(-c5ccccc5)n3)c2c1)-c1ccccc1C4(C)C. The molecule has 5 aromatic carbocycles. The number of nitrogens with zero attached hydrogens (tertiary/aromatic N) is 4. The molecule has 2 heterocycles. The fourth-order valence-corrected chi connectivity index (χ4v) is 6.43. The number of hydrogen-bond donors (Lipinski definition) is 0. The Balaban J connectivity index is 1.48. The van der Waals surface area contributed by atoms with Gasteiger partial charge in [-0.15, -0.1) is 0 Å². The summed E-state index contributed by atoms with van der Waals surface area (Å²) < 4.78 is 2.23. The van der Waals surface area contributed by atoms with E-state index in [0.29, 0.717) is 17.6 Å². The number of rotatable bonds is 3. The van der Waals surface area contributed by atoms with Gasteiger partial charge in [0.2, 0.25) is 5.95 Å². The molecular formula is C37H28N4. The van der Waals surface area contributed by atoms with E-state index in [1.165, 1.54) is 38.6 Å². The predicted molar refractivity (Wildman–Crippen MR) is 167 cm³/mol. The van der Waals surface area contributed by atoms with Gasteiger partial charge >= 0.3 is 0 Å². The van der Waals surface area contributed by atoms with Crippen LogP contribution in [0.5, 0.6) is 0 Å². The third-order valence-electron chi connectivity index (χ3n) is 8.51. The van der Waals surface area contributed by atoms with Crippen LogP contribution >= 0.6 is 0 Å². The van der Waals surface area contributed by atoms with E-state index < -0.39 is 0 Å². The predicted octanol–water partition coefficient (Wildman–Crippen LogP) is 8.92. The number of hydrogen-bond acceptors (Lipinski definition) is 3. The van der Waals surface area contributed by atoms with Crippen molar-refractivity contribution in [2.45, 2.75) is 26.2 Å². The van der Waals surface area contributed by atoms with Crippen molar-refractivity contribution in [3.05, 3.63) is 132 Å². The molecule has 0 saturated carbocycles. The highest BCUT2D eigenvalue weighted by molar-refractivity contribution is 6.11. The topological polar surface area (TPSA) is 43.6 Å². The highest BCUT2D eigenvalue weighted by Crippen LogP contribution is 2.50. The summed E-state index contributed by atoms with van der Waals surface area (Å²) in [5.74, 6) is 1.93. The van der Waals surface area contributed by atoms with Crippen molar-refractivity contribution in [1.29, 1.82) is 0 Å². The fourth-order valence-electron chi connectivity index (χ4n) is 6.43. The smallest absolute Gasteiger partial charge is 0.238 e. The zero-order valence-electron chi connectivity index (χ0n) is 23.3. The Labute approximate surface area is 239 Å². The van der Waals surface area contributed by atoms with Gasteiger partial charge in [-0.25, -0.2) is 4.98 Å². The first-order valence-corrected chi connectivity index (χ1v) is 14.1. The molecule has 0 radical (unpaired) electrons. The van der Waals surface area contributed by atoms with Gasteiger partial charge in [0.1, 0.15) is 0 Å². The van der Waals surface area contributed by atoms with Gasteiger partial charge in [-0.3, -0.25) is 4.57 Å². The minimum Gasteiger partial charge on any atom is -0.278 e. The standard InChI is InChI=1S/C37H28N4/c1-23-18-19-27-29-21-31-28(26-16-10-11-17-30(26)37(31,2)3)22-33(29)41(32(27)20-23)36-39-34(24-12-6-4-7-13-24)38-35(40-36)25-14-8-5-9-15-25/h4-22H,1-3H3. The summed E-state index contributed by atoms with van der Waals surface area (Å²) in [6.45, 7) is 6.80. The Morgan fingerprint density at radius 2 is 1.15 bits per heavy atom. The van der Waals surface area contributed by atoms with Gasteiger partial charge in [0.15, 0.2) is 11.6 Å². The Morgan fingerprint density at radius 3 is 1.83 bits per heavy atom. The Kier molecular flexibility index (Phi) is 5.05. The molecule has 1 aliphatic rings. The van der Waals surface area contributed by atoms with Crippen molar-refractivity contribution in [1.82, 2.24) is 19.5 Å². The largest absolute Gasteiger partial charge is 0.278 e. The Hall–Kier alpha value is -5.09. The van der Waals surface area contributed by atoms with Gasteiger partial charge in [0.25, 0.3) is 0 Å². The van der Waals surface area contributed by atoms with Crippen molar-refractivity contribution >= 4 is 21.8 Å². The maximum absolute atomic E-state index is 5.11.